The van der Waals surface area contributed by atoms with E-state index in [9.17, 15) is 49.5 Å². The number of non-ortho nitro benzene ring substituents is 3. The van der Waals surface area contributed by atoms with E-state index in [1.165, 1.54) is 285 Å². The highest BCUT2D eigenvalue weighted by Crippen LogP contribution is 2.21. The van der Waals surface area contributed by atoms with Gasteiger partial charge in [-0.1, -0.05) is 286 Å². The number of nitro benzene ring substituents is 3. The third-order valence-electron chi connectivity index (χ3n) is 18.3. The van der Waals surface area contributed by atoms with E-state index >= 15 is 0 Å². The van der Waals surface area contributed by atoms with Crippen molar-refractivity contribution in [2.75, 3.05) is 33.5 Å². The number of allylic oxidation sites excluding steroid dienone is 16. The van der Waals surface area contributed by atoms with Gasteiger partial charge in [0.2, 0.25) is 0 Å². The number of carbonyl (C=O) groups is 4. The number of rotatable bonds is 69. The van der Waals surface area contributed by atoms with E-state index in [1.807, 2.05) is 0 Å². The maximum absolute atomic E-state index is 11.6. The van der Waals surface area contributed by atoms with Crippen molar-refractivity contribution in [3.8, 4) is 17.2 Å². The monoisotopic (exact) mass is 1730 g/mol. The molecule has 0 aliphatic heterocycles. The van der Waals surface area contributed by atoms with Crippen LogP contribution in [0.25, 0.3) is 0 Å². The summed E-state index contributed by atoms with van der Waals surface area (Å²) in [6, 6.07) is 15.2. The van der Waals surface area contributed by atoms with Crippen LogP contribution in [0.15, 0.2) is 170 Å². The molecule has 26 heteroatoms. The van der Waals surface area contributed by atoms with Gasteiger partial charge >= 0.3 is 23.6 Å². The molecule has 0 aliphatic rings. The lowest BCUT2D eigenvalue weighted by Gasteiger charge is -2.07. The summed E-state index contributed by atoms with van der Waals surface area (Å²) in [5, 5.41) is 33.8. The minimum atomic E-state index is -0.978. The van der Waals surface area contributed by atoms with Crippen LogP contribution in [0.5, 0.6) is 17.2 Å². The van der Waals surface area contributed by atoms with Crippen LogP contribution < -0.4 is 41.9 Å². The number of carbonyl (C=O) groups excluding carboxylic acids is 4. The quantitative estimate of drug-likeness (QED) is 0.0115. The molecule has 0 radical (unpaired) electrons. The predicted octanol–water partition coefficient (Wildman–Crippen LogP) is 29.2. The predicted molar refractivity (Wildman–Crippen MR) is 499 cm³/mol. The highest BCUT2D eigenvalue weighted by molar-refractivity contribution is 6.61. The Balaban J connectivity index is -0.00000149. The van der Waals surface area contributed by atoms with Gasteiger partial charge in [0.25, 0.3) is 17.1 Å². The first-order valence-corrected chi connectivity index (χ1v) is 45.4. The number of hydrogen-bond donors (Lipinski definition) is 5. The Hall–Kier alpha value is -8.85. The molecule has 690 valence electrons. The standard InChI is InChI=1S/2C25H38N2O5.C20H38N2O2.C18H35NO.C7H4ClNO4.CH4/c2*1-2-3-4-5-6-7-8-9-10-11-12-13-14-15-16-17-22-31-26-25(28)32-24-20-18-23(19-21-24)27(29)30;1-3-4-5-6-7-8-9-10-11-12-13-14-15-16-17-18-19-24-22-20(23)21-2;1-2-3-4-5-6-7-8-9-10-11-12-13-14-15-16-17-18-20-19;8-7(10)13-6-3-1-5(2-4-6)9(11)12;/h2*6-7,9-10,18-21H,2-5,8,11-17,22H2,1H3,(H,26,28);7-8,10-11H,3-6,9,12-19H2,1-2H3,(H2,21,22,23);6-7,9-10H,2-5,8,11-19H2,1H3;1-4H;1H4/b2*7-6-,10-9-;8-7-,11-10-;7-6-,10-9-;;. The van der Waals surface area contributed by atoms with Crippen molar-refractivity contribution < 1.29 is 67.5 Å². The van der Waals surface area contributed by atoms with Crippen LogP contribution in [0.3, 0.4) is 0 Å². The first-order chi connectivity index (χ1) is 59.1. The van der Waals surface area contributed by atoms with Gasteiger partial charge in [-0.2, -0.15) is 11.0 Å². The van der Waals surface area contributed by atoms with Crippen molar-refractivity contribution in [1.29, 1.82) is 0 Å². The Labute approximate surface area is 738 Å². The van der Waals surface area contributed by atoms with Gasteiger partial charge in [-0.25, -0.2) is 30.6 Å². The summed E-state index contributed by atoms with van der Waals surface area (Å²) in [7, 11) is 1.57. The molecular formula is C96H157ClN8O17. The fourth-order valence-electron chi connectivity index (χ4n) is 11.3. The summed E-state index contributed by atoms with van der Waals surface area (Å²) in [5.41, 5.74) is 5.57. The molecule has 3 aromatic carbocycles. The number of nitro groups is 3. The van der Waals surface area contributed by atoms with Crippen LogP contribution in [-0.4, -0.2) is 71.9 Å². The number of ether oxygens (including phenoxy) is 3. The molecular weight excluding hydrogens is 1570 g/mol. The van der Waals surface area contributed by atoms with Crippen molar-refractivity contribution in [2.24, 2.45) is 5.90 Å². The number of halogens is 1. The van der Waals surface area contributed by atoms with E-state index < -0.39 is 32.4 Å². The molecule has 0 unspecified atom stereocenters. The fourth-order valence-corrected chi connectivity index (χ4v) is 11.4. The topological polar surface area (TPSA) is 336 Å². The number of amides is 4. The summed E-state index contributed by atoms with van der Waals surface area (Å²) in [6.07, 6.45) is 93.2. The van der Waals surface area contributed by atoms with Crippen LogP contribution in [0.1, 0.15) is 343 Å². The lowest BCUT2D eigenvalue weighted by molar-refractivity contribution is -0.385. The average Bonchev–Trinajstić information content (AvgIpc) is 0.890. The van der Waals surface area contributed by atoms with Crippen LogP contribution in [0, 0.1) is 30.3 Å². The van der Waals surface area contributed by atoms with E-state index in [0.29, 0.717) is 26.4 Å². The molecule has 25 nitrogen and oxygen atoms in total. The second-order valence-corrected chi connectivity index (χ2v) is 29.3. The zero-order valence-corrected chi connectivity index (χ0v) is 74.9. The van der Waals surface area contributed by atoms with Crippen molar-refractivity contribution >= 4 is 52.3 Å². The second-order valence-electron chi connectivity index (χ2n) is 29.0. The van der Waals surface area contributed by atoms with Crippen molar-refractivity contribution in [3.63, 3.8) is 0 Å². The SMILES string of the molecule is C.CCCCC/C=C\C/C=C\CCCCCCCCON.CCCCC/C=C\C/C=C\CCCCCCCCONC(=O)NC.CCCCC/C=C\C/C=C\CCCCCCCCONC(=O)Oc1ccc([N+](=O)[O-])cc1.CCCCC/C=C\C/C=C\CCCCCCCCONC(=O)Oc1ccc([N+](=O)[O-])cc1.O=C(Cl)Oc1ccc([N+](=O)[O-])cc1. The molecule has 0 fully saturated rings. The molecule has 0 atom stereocenters. The van der Waals surface area contributed by atoms with Crippen molar-refractivity contribution in [1.82, 2.24) is 21.8 Å². The van der Waals surface area contributed by atoms with E-state index in [1.54, 1.807) is 7.05 Å². The van der Waals surface area contributed by atoms with Crippen molar-refractivity contribution in [3.05, 3.63) is 200 Å². The number of nitrogens with two attached hydrogens (primary N) is 1. The van der Waals surface area contributed by atoms with Crippen LogP contribution in [-0.2, 0) is 19.4 Å². The molecule has 3 aromatic rings. The average molecular weight is 1730 g/mol. The molecule has 6 N–H and O–H groups in total. The second kappa shape index (κ2) is 94.4. The van der Waals surface area contributed by atoms with Gasteiger partial charge in [0.1, 0.15) is 17.2 Å². The minimum Gasteiger partial charge on any atom is -0.414 e. The Morgan fingerprint density at radius 1 is 0.320 bits per heavy atom. The summed E-state index contributed by atoms with van der Waals surface area (Å²) in [4.78, 5) is 93.9. The molecule has 0 saturated carbocycles. The summed E-state index contributed by atoms with van der Waals surface area (Å²) in [6.45, 7) is 11.1. The number of urea groups is 1. The van der Waals surface area contributed by atoms with Gasteiger partial charge in [0, 0.05) is 55.0 Å². The molecule has 3 rings (SSSR count). The smallest absolute Gasteiger partial charge is 0.414 e. The first kappa shape index (κ1) is 117. The number of hydrogen-bond acceptors (Lipinski definition) is 18. The van der Waals surface area contributed by atoms with Gasteiger partial charge in [0.15, 0.2) is 0 Å². The van der Waals surface area contributed by atoms with Gasteiger partial charge in [0.05, 0.1) is 41.2 Å². The van der Waals surface area contributed by atoms with E-state index in [2.05, 4.69) is 156 Å². The highest BCUT2D eigenvalue weighted by Gasteiger charge is 2.11. The lowest BCUT2D eigenvalue weighted by atomic mass is 10.1. The molecule has 0 aromatic heterocycles. The Morgan fingerprint density at radius 3 is 0.754 bits per heavy atom. The van der Waals surface area contributed by atoms with Gasteiger partial charge in [-0.15, -0.1) is 0 Å². The number of unbranched alkanes of at least 4 members (excludes halogenated alkanes) is 36. The lowest BCUT2D eigenvalue weighted by Crippen LogP contribution is -2.32. The highest BCUT2D eigenvalue weighted by atomic mass is 35.5. The molecule has 122 heavy (non-hydrogen) atoms. The third-order valence-corrected chi connectivity index (χ3v) is 18.3. The summed E-state index contributed by atoms with van der Waals surface area (Å²) < 4.78 is 14.4. The molecule has 0 heterocycles. The summed E-state index contributed by atoms with van der Waals surface area (Å²) >= 11 is 4.92. The Kier molecular flexibility index (Phi) is 90.8. The van der Waals surface area contributed by atoms with E-state index in [0.717, 1.165) is 96.3 Å². The first-order valence-electron chi connectivity index (χ1n) is 45.0. The largest absolute Gasteiger partial charge is 0.436 e. The Bertz CT molecular complexity index is 3080. The van der Waals surface area contributed by atoms with Gasteiger partial charge in [-0.05, 0) is 190 Å². The molecule has 0 saturated heterocycles. The van der Waals surface area contributed by atoms with E-state index in [4.69, 9.17) is 41.5 Å². The van der Waals surface area contributed by atoms with Crippen LogP contribution >= 0.6 is 11.6 Å². The maximum Gasteiger partial charge on any atom is 0.436 e. The summed E-state index contributed by atoms with van der Waals surface area (Å²) in [5.74, 6) is 5.58. The minimum absolute atomic E-state index is 0. The normalized spacial score (nSPS) is 11.1. The zero-order valence-electron chi connectivity index (χ0n) is 74.2. The number of nitrogens with one attached hydrogen (secondary N) is 4. The maximum atomic E-state index is 11.6. The van der Waals surface area contributed by atoms with Crippen molar-refractivity contribution in [2.45, 2.75) is 343 Å². The number of nitrogens with zero attached hydrogens (tertiary/aromatic N) is 3. The Morgan fingerprint density at radius 2 is 0.533 bits per heavy atom. The fraction of sp³-hybridized carbons (Fsp3) is 0.604. The molecule has 0 spiro atoms. The van der Waals surface area contributed by atoms with Gasteiger partial charge < -0.3 is 24.4 Å². The van der Waals surface area contributed by atoms with E-state index in [-0.39, 0.29) is 47.8 Å². The number of hydroxylamine groups is 3. The zero-order chi connectivity index (χ0) is 88.9. The molecule has 4 amide bonds. The molecule has 0 bridgehead atoms. The molecule has 0 aliphatic carbocycles. The third kappa shape index (κ3) is 87.5. The number of benzene rings is 3. The van der Waals surface area contributed by atoms with Gasteiger partial charge in [-0.3, -0.25) is 44.9 Å². The van der Waals surface area contributed by atoms with Crippen LogP contribution in [0.2, 0.25) is 0 Å². The van der Waals surface area contributed by atoms with Crippen LogP contribution in [0.4, 0.5) is 36.2 Å².